The van der Waals surface area contributed by atoms with Crippen LogP contribution in [0.25, 0.3) is 0 Å². The molecule has 7 heteroatoms. The Morgan fingerprint density at radius 1 is 0.710 bits per heavy atom. The zero-order chi connectivity index (χ0) is 21.3. The van der Waals surface area contributed by atoms with E-state index in [2.05, 4.69) is 20.6 Å². The molecule has 3 aromatic rings. The van der Waals surface area contributed by atoms with Gasteiger partial charge < -0.3 is 10.6 Å². The van der Waals surface area contributed by atoms with Gasteiger partial charge in [-0.1, -0.05) is 0 Å². The molecule has 2 fully saturated rings. The molecule has 0 saturated heterocycles. The number of thiophene rings is 1. The van der Waals surface area contributed by atoms with E-state index in [1.54, 1.807) is 36.9 Å². The van der Waals surface area contributed by atoms with Crippen molar-refractivity contribution in [2.24, 2.45) is 0 Å². The van der Waals surface area contributed by atoms with Crippen LogP contribution >= 0.6 is 11.3 Å². The van der Waals surface area contributed by atoms with Gasteiger partial charge in [0.2, 0.25) is 0 Å². The van der Waals surface area contributed by atoms with E-state index in [0.717, 1.165) is 25.7 Å². The topological polar surface area (TPSA) is 84.0 Å². The third-order valence-corrected chi connectivity index (χ3v) is 7.60. The van der Waals surface area contributed by atoms with Gasteiger partial charge in [0.25, 0.3) is 11.8 Å². The second-order valence-electron chi connectivity index (χ2n) is 8.56. The van der Waals surface area contributed by atoms with Crippen LogP contribution in [0.2, 0.25) is 0 Å². The minimum absolute atomic E-state index is 0.0294. The molecule has 158 valence electrons. The SMILES string of the molecule is O=C(NCC1(c2ccncc2)CC1)c1ccc(C(=O)NCC2(c3ccncc3)CC2)s1. The number of pyridine rings is 2. The summed E-state index contributed by atoms with van der Waals surface area (Å²) < 4.78 is 0. The molecule has 2 N–H and O–H groups in total. The highest BCUT2D eigenvalue weighted by Crippen LogP contribution is 2.48. The van der Waals surface area contributed by atoms with Crippen molar-refractivity contribution in [3.8, 4) is 0 Å². The monoisotopic (exact) mass is 432 g/mol. The third kappa shape index (κ3) is 4.10. The number of rotatable bonds is 8. The molecule has 2 saturated carbocycles. The normalized spacial score (nSPS) is 17.5. The van der Waals surface area contributed by atoms with E-state index in [1.165, 1.54) is 22.5 Å². The van der Waals surface area contributed by atoms with Gasteiger partial charge in [-0.15, -0.1) is 11.3 Å². The van der Waals surface area contributed by atoms with Gasteiger partial charge in [-0.25, -0.2) is 0 Å². The van der Waals surface area contributed by atoms with Crippen LogP contribution in [-0.2, 0) is 10.8 Å². The van der Waals surface area contributed by atoms with E-state index < -0.39 is 0 Å². The van der Waals surface area contributed by atoms with Crippen LogP contribution < -0.4 is 10.6 Å². The standard InChI is InChI=1S/C24H24N4O2S/c29-21(27-15-23(7-8-23)17-3-11-25-12-4-17)19-1-2-20(31-19)22(30)28-16-24(9-10-24)18-5-13-26-14-6-18/h1-6,11-14H,7-10,15-16H2,(H,27,29)(H,28,30). The second-order valence-corrected chi connectivity index (χ2v) is 9.65. The summed E-state index contributed by atoms with van der Waals surface area (Å²) in [6.45, 7) is 1.20. The van der Waals surface area contributed by atoms with Crippen molar-refractivity contribution in [2.45, 2.75) is 36.5 Å². The number of hydrogen-bond acceptors (Lipinski definition) is 5. The molecule has 0 spiro atoms. The first-order chi connectivity index (χ1) is 15.1. The van der Waals surface area contributed by atoms with Gasteiger partial charge in [-0.3, -0.25) is 19.6 Å². The van der Waals surface area contributed by atoms with E-state index in [9.17, 15) is 9.59 Å². The molecule has 0 atom stereocenters. The average Bonchev–Trinajstić information content (AvgIpc) is 3.74. The summed E-state index contributed by atoms with van der Waals surface area (Å²) in [5.74, 6) is -0.250. The number of aromatic nitrogens is 2. The quantitative estimate of drug-likeness (QED) is 0.571. The van der Waals surface area contributed by atoms with Crippen molar-refractivity contribution in [2.75, 3.05) is 13.1 Å². The molecule has 6 nitrogen and oxygen atoms in total. The molecule has 0 aromatic carbocycles. The minimum atomic E-state index is -0.125. The van der Waals surface area contributed by atoms with Crippen LogP contribution in [0, 0.1) is 0 Å². The molecule has 2 aliphatic rings. The fourth-order valence-corrected chi connectivity index (χ4v) is 4.94. The van der Waals surface area contributed by atoms with E-state index in [0.29, 0.717) is 22.8 Å². The molecule has 0 unspecified atom stereocenters. The van der Waals surface area contributed by atoms with Gasteiger partial charge in [0.1, 0.15) is 0 Å². The lowest BCUT2D eigenvalue weighted by molar-refractivity contribution is 0.0947. The molecular weight excluding hydrogens is 408 g/mol. The molecule has 2 aliphatic carbocycles. The molecule has 31 heavy (non-hydrogen) atoms. The minimum Gasteiger partial charge on any atom is -0.350 e. The summed E-state index contributed by atoms with van der Waals surface area (Å²) in [5.41, 5.74) is 2.50. The molecular formula is C24H24N4O2S. The summed E-state index contributed by atoms with van der Waals surface area (Å²) in [6, 6.07) is 11.5. The number of carbonyl (C=O) groups excluding carboxylic acids is 2. The largest absolute Gasteiger partial charge is 0.350 e. The Hall–Kier alpha value is -3.06. The van der Waals surface area contributed by atoms with Gasteiger partial charge in [0.05, 0.1) is 9.75 Å². The molecule has 5 rings (SSSR count). The van der Waals surface area contributed by atoms with Crippen LogP contribution in [0.1, 0.15) is 56.2 Å². The highest BCUT2D eigenvalue weighted by atomic mass is 32.1. The van der Waals surface area contributed by atoms with E-state index in [-0.39, 0.29) is 22.6 Å². The van der Waals surface area contributed by atoms with Crippen molar-refractivity contribution in [1.82, 2.24) is 20.6 Å². The van der Waals surface area contributed by atoms with Crippen molar-refractivity contribution in [3.63, 3.8) is 0 Å². The van der Waals surface area contributed by atoms with Crippen LogP contribution in [0.5, 0.6) is 0 Å². The van der Waals surface area contributed by atoms with Crippen molar-refractivity contribution >= 4 is 23.2 Å². The maximum Gasteiger partial charge on any atom is 0.261 e. The second kappa shape index (κ2) is 7.89. The smallest absolute Gasteiger partial charge is 0.261 e. The van der Waals surface area contributed by atoms with Gasteiger partial charge in [-0.05, 0) is 73.2 Å². The summed E-state index contributed by atoms with van der Waals surface area (Å²) >= 11 is 1.24. The molecule has 2 amide bonds. The zero-order valence-electron chi connectivity index (χ0n) is 17.1. The third-order valence-electron chi connectivity index (χ3n) is 6.52. The van der Waals surface area contributed by atoms with Crippen LogP contribution in [-0.4, -0.2) is 34.9 Å². The first kappa shape index (κ1) is 19.9. The Kier molecular flexibility index (Phi) is 5.06. The highest BCUT2D eigenvalue weighted by Gasteiger charge is 2.45. The molecule has 0 radical (unpaired) electrons. The Morgan fingerprint density at radius 2 is 1.10 bits per heavy atom. The summed E-state index contributed by atoms with van der Waals surface area (Å²) in [7, 11) is 0. The lowest BCUT2D eigenvalue weighted by Gasteiger charge is -2.16. The van der Waals surface area contributed by atoms with Gasteiger partial charge in [0, 0.05) is 48.7 Å². The number of nitrogens with zero attached hydrogens (tertiary/aromatic N) is 2. The lowest BCUT2D eigenvalue weighted by Crippen LogP contribution is -2.32. The Bertz CT molecular complexity index is 1000. The van der Waals surface area contributed by atoms with Gasteiger partial charge in [0.15, 0.2) is 0 Å². The Labute approximate surface area is 185 Å². The summed E-state index contributed by atoms with van der Waals surface area (Å²) in [6.07, 6.45) is 11.4. The van der Waals surface area contributed by atoms with Crippen molar-refractivity contribution in [3.05, 3.63) is 82.1 Å². The lowest BCUT2D eigenvalue weighted by atomic mass is 9.97. The predicted molar refractivity (Wildman–Crippen MR) is 119 cm³/mol. The van der Waals surface area contributed by atoms with Crippen molar-refractivity contribution < 1.29 is 9.59 Å². The Balaban J connectivity index is 1.16. The predicted octanol–water partition coefficient (Wildman–Crippen LogP) is 3.46. The number of carbonyl (C=O) groups is 2. The highest BCUT2D eigenvalue weighted by molar-refractivity contribution is 7.15. The fourth-order valence-electron chi connectivity index (χ4n) is 4.10. The molecule has 3 aromatic heterocycles. The molecule has 0 bridgehead atoms. The van der Waals surface area contributed by atoms with E-state index in [1.807, 2.05) is 24.3 Å². The number of nitrogens with one attached hydrogen (secondary N) is 2. The van der Waals surface area contributed by atoms with Crippen LogP contribution in [0.4, 0.5) is 0 Å². The van der Waals surface area contributed by atoms with E-state index in [4.69, 9.17) is 0 Å². The van der Waals surface area contributed by atoms with Gasteiger partial charge in [-0.2, -0.15) is 0 Å². The zero-order valence-corrected chi connectivity index (χ0v) is 18.0. The fraction of sp³-hybridized carbons (Fsp3) is 0.333. The van der Waals surface area contributed by atoms with Gasteiger partial charge >= 0.3 is 0 Å². The van der Waals surface area contributed by atoms with Crippen LogP contribution in [0.3, 0.4) is 0 Å². The van der Waals surface area contributed by atoms with E-state index >= 15 is 0 Å². The maximum atomic E-state index is 12.6. The Morgan fingerprint density at radius 3 is 1.45 bits per heavy atom. The first-order valence-electron chi connectivity index (χ1n) is 10.6. The summed E-state index contributed by atoms with van der Waals surface area (Å²) in [5, 5.41) is 6.11. The first-order valence-corrected chi connectivity index (χ1v) is 11.4. The van der Waals surface area contributed by atoms with Crippen LogP contribution in [0.15, 0.2) is 61.2 Å². The number of amides is 2. The van der Waals surface area contributed by atoms with Crippen molar-refractivity contribution in [1.29, 1.82) is 0 Å². The molecule has 0 aliphatic heterocycles. The average molecular weight is 433 g/mol. The maximum absolute atomic E-state index is 12.6. The summed E-state index contributed by atoms with van der Waals surface area (Å²) in [4.78, 5) is 34.6. The number of hydrogen-bond donors (Lipinski definition) is 2. The molecule has 3 heterocycles.